The summed E-state index contributed by atoms with van der Waals surface area (Å²) < 4.78 is 2.15. The Balaban J connectivity index is 1.72. The molecule has 2 aliphatic rings. The van der Waals surface area contributed by atoms with Gasteiger partial charge in [-0.15, -0.1) is 5.10 Å². The zero-order valence-electron chi connectivity index (χ0n) is 12.7. The summed E-state index contributed by atoms with van der Waals surface area (Å²) in [5, 5.41) is 12.2. The number of aromatic nitrogens is 3. The molecule has 1 heterocycles. The van der Waals surface area contributed by atoms with Crippen molar-refractivity contribution in [3.63, 3.8) is 0 Å². The highest BCUT2D eigenvalue weighted by Crippen LogP contribution is 2.36. The van der Waals surface area contributed by atoms with Gasteiger partial charge in [-0.25, -0.2) is 4.68 Å². The van der Waals surface area contributed by atoms with E-state index in [2.05, 4.69) is 27.2 Å². The number of hydrogen-bond acceptors (Lipinski definition) is 3. The fraction of sp³-hybridized carbons (Fsp3) is 0.875. The Morgan fingerprint density at radius 2 is 2.05 bits per heavy atom. The smallest absolute Gasteiger partial charge is 0.0728 e. The van der Waals surface area contributed by atoms with Gasteiger partial charge < -0.3 is 5.32 Å². The average molecular weight is 276 g/mol. The third-order valence-electron chi connectivity index (χ3n) is 4.87. The Morgan fingerprint density at radius 3 is 2.85 bits per heavy atom. The van der Waals surface area contributed by atoms with Crippen LogP contribution in [0.5, 0.6) is 0 Å². The molecule has 0 bridgehead atoms. The van der Waals surface area contributed by atoms with Crippen LogP contribution >= 0.6 is 0 Å². The van der Waals surface area contributed by atoms with Crippen molar-refractivity contribution in [2.45, 2.75) is 76.8 Å². The molecule has 4 heteroatoms. The van der Waals surface area contributed by atoms with Gasteiger partial charge in [0.25, 0.3) is 0 Å². The van der Waals surface area contributed by atoms with Gasteiger partial charge in [0, 0.05) is 18.5 Å². The Hall–Kier alpha value is -0.900. The summed E-state index contributed by atoms with van der Waals surface area (Å²) in [6.07, 6.45) is 12.7. The molecular formula is C16H28N4. The van der Waals surface area contributed by atoms with Gasteiger partial charge in [0.2, 0.25) is 0 Å². The number of hydrogen-bond donors (Lipinski definition) is 1. The molecule has 0 radical (unpaired) electrons. The fourth-order valence-electron chi connectivity index (χ4n) is 3.56. The standard InChI is InChI=1S/C16H28N4/c1-2-10-20-16(12-18-19-20)15-7-5-3-4-6-13(15)11-17-14-8-9-14/h12-15,17H,2-11H2,1H3. The van der Waals surface area contributed by atoms with Gasteiger partial charge >= 0.3 is 0 Å². The van der Waals surface area contributed by atoms with Crippen molar-refractivity contribution in [2.75, 3.05) is 6.54 Å². The molecule has 0 aromatic carbocycles. The number of nitrogens with zero attached hydrogens (tertiary/aromatic N) is 3. The first-order chi connectivity index (χ1) is 9.88. The van der Waals surface area contributed by atoms with Gasteiger partial charge in [0.05, 0.1) is 11.9 Å². The number of nitrogens with one attached hydrogen (secondary N) is 1. The van der Waals surface area contributed by atoms with E-state index in [9.17, 15) is 0 Å². The van der Waals surface area contributed by atoms with Gasteiger partial charge in [0.15, 0.2) is 0 Å². The van der Waals surface area contributed by atoms with Gasteiger partial charge in [-0.2, -0.15) is 0 Å². The Bertz CT molecular complexity index is 410. The van der Waals surface area contributed by atoms with E-state index in [1.165, 1.54) is 57.2 Å². The lowest BCUT2D eigenvalue weighted by Crippen LogP contribution is -2.29. The molecule has 2 fully saturated rings. The second-order valence-corrected chi connectivity index (χ2v) is 6.57. The SMILES string of the molecule is CCCn1nncc1C1CCCCCC1CNC1CC1. The highest BCUT2D eigenvalue weighted by Gasteiger charge is 2.30. The van der Waals surface area contributed by atoms with Gasteiger partial charge in [-0.1, -0.05) is 31.4 Å². The predicted molar refractivity (Wildman–Crippen MR) is 80.7 cm³/mol. The van der Waals surface area contributed by atoms with Crippen molar-refractivity contribution in [1.29, 1.82) is 0 Å². The lowest BCUT2D eigenvalue weighted by atomic mass is 9.85. The third-order valence-corrected chi connectivity index (χ3v) is 4.87. The van der Waals surface area contributed by atoms with Crippen LogP contribution in [0.2, 0.25) is 0 Å². The summed E-state index contributed by atoms with van der Waals surface area (Å²) >= 11 is 0. The summed E-state index contributed by atoms with van der Waals surface area (Å²) in [5.41, 5.74) is 1.39. The van der Waals surface area contributed by atoms with Crippen LogP contribution < -0.4 is 5.32 Å². The second-order valence-electron chi connectivity index (χ2n) is 6.57. The van der Waals surface area contributed by atoms with E-state index >= 15 is 0 Å². The van der Waals surface area contributed by atoms with Crippen molar-refractivity contribution in [3.8, 4) is 0 Å². The van der Waals surface area contributed by atoms with Crippen molar-refractivity contribution in [2.24, 2.45) is 5.92 Å². The second kappa shape index (κ2) is 6.70. The molecule has 20 heavy (non-hydrogen) atoms. The molecule has 0 spiro atoms. The topological polar surface area (TPSA) is 42.7 Å². The van der Waals surface area contributed by atoms with E-state index < -0.39 is 0 Å². The van der Waals surface area contributed by atoms with Crippen molar-refractivity contribution < 1.29 is 0 Å². The molecule has 0 amide bonds. The van der Waals surface area contributed by atoms with Gasteiger partial charge in [-0.05, 0) is 44.6 Å². The highest BCUT2D eigenvalue weighted by atomic mass is 15.4. The minimum Gasteiger partial charge on any atom is -0.314 e. The molecule has 1 aromatic rings. The lowest BCUT2D eigenvalue weighted by molar-refractivity contribution is 0.354. The normalized spacial score (nSPS) is 27.4. The fourth-order valence-corrected chi connectivity index (χ4v) is 3.56. The van der Waals surface area contributed by atoms with Crippen LogP contribution in [-0.4, -0.2) is 27.6 Å². The maximum atomic E-state index is 4.30. The van der Waals surface area contributed by atoms with Gasteiger partial charge in [0.1, 0.15) is 0 Å². The molecular weight excluding hydrogens is 248 g/mol. The van der Waals surface area contributed by atoms with Crippen LogP contribution in [-0.2, 0) is 6.54 Å². The zero-order chi connectivity index (χ0) is 13.8. The number of aryl methyl sites for hydroxylation is 1. The van der Waals surface area contributed by atoms with Crippen LogP contribution in [0.15, 0.2) is 6.20 Å². The quantitative estimate of drug-likeness (QED) is 0.812. The molecule has 1 aromatic heterocycles. The lowest BCUT2D eigenvalue weighted by Gasteiger charge is -2.26. The van der Waals surface area contributed by atoms with Crippen molar-refractivity contribution >= 4 is 0 Å². The van der Waals surface area contributed by atoms with E-state index in [-0.39, 0.29) is 0 Å². The zero-order valence-corrected chi connectivity index (χ0v) is 12.7. The Labute approximate surface area is 122 Å². The van der Waals surface area contributed by atoms with Crippen LogP contribution in [0.4, 0.5) is 0 Å². The summed E-state index contributed by atoms with van der Waals surface area (Å²) in [5.74, 6) is 1.43. The van der Waals surface area contributed by atoms with Gasteiger partial charge in [-0.3, -0.25) is 0 Å². The molecule has 4 nitrogen and oxygen atoms in total. The van der Waals surface area contributed by atoms with Crippen LogP contribution in [0, 0.1) is 5.92 Å². The molecule has 2 unspecified atom stereocenters. The largest absolute Gasteiger partial charge is 0.314 e. The predicted octanol–water partition coefficient (Wildman–Crippen LogP) is 3.10. The number of rotatable bonds is 6. The first-order valence-corrected chi connectivity index (χ1v) is 8.50. The van der Waals surface area contributed by atoms with Crippen LogP contribution in [0.25, 0.3) is 0 Å². The van der Waals surface area contributed by atoms with E-state index in [1.807, 2.05) is 6.20 Å². The molecule has 1 N–H and O–H groups in total. The average Bonchev–Trinajstić information content (AvgIpc) is 3.22. The van der Waals surface area contributed by atoms with Crippen molar-refractivity contribution in [3.05, 3.63) is 11.9 Å². The molecule has 3 rings (SSSR count). The summed E-state index contributed by atoms with van der Waals surface area (Å²) in [7, 11) is 0. The van der Waals surface area contributed by atoms with E-state index in [0.717, 1.165) is 24.9 Å². The molecule has 0 aliphatic heterocycles. The molecule has 112 valence electrons. The first kappa shape index (κ1) is 14.1. The van der Waals surface area contributed by atoms with Crippen LogP contribution in [0.3, 0.4) is 0 Å². The monoisotopic (exact) mass is 276 g/mol. The molecule has 2 aliphatic carbocycles. The Kier molecular flexibility index (Phi) is 4.71. The van der Waals surface area contributed by atoms with E-state index in [4.69, 9.17) is 0 Å². The van der Waals surface area contributed by atoms with Crippen molar-refractivity contribution in [1.82, 2.24) is 20.3 Å². The highest BCUT2D eigenvalue weighted by molar-refractivity contribution is 5.07. The first-order valence-electron chi connectivity index (χ1n) is 8.50. The molecule has 2 saturated carbocycles. The third kappa shape index (κ3) is 3.40. The summed E-state index contributed by atoms with van der Waals surface area (Å²) in [4.78, 5) is 0. The Morgan fingerprint density at radius 1 is 1.20 bits per heavy atom. The maximum absolute atomic E-state index is 4.30. The molecule has 2 atom stereocenters. The van der Waals surface area contributed by atoms with E-state index in [1.54, 1.807) is 0 Å². The van der Waals surface area contributed by atoms with E-state index in [0.29, 0.717) is 5.92 Å². The summed E-state index contributed by atoms with van der Waals surface area (Å²) in [6, 6.07) is 0.817. The minimum atomic E-state index is 0.658. The molecule has 0 saturated heterocycles. The minimum absolute atomic E-state index is 0.658. The maximum Gasteiger partial charge on any atom is 0.0728 e. The summed E-state index contributed by atoms with van der Waals surface area (Å²) in [6.45, 7) is 4.41. The van der Waals surface area contributed by atoms with Crippen LogP contribution in [0.1, 0.15) is 69.9 Å².